The van der Waals surface area contributed by atoms with Gasteiger partial charge < -0.3 is 39.8 Å². The van der Waals surface area contributed by atoms with E-state index in [1.54, 1.807) is 19.1 Å². The Labute approximate surface area is 474 Å². The van der Waals surface area contributed by atoms with Gasteiger partial charge >= 0.3 is 0 Å². The first kappa shape index (κ1) is 64.4. The highest BCUT2D eigenvalue weighted by molar-refractivity contribution is 5.35. The number of aliphatic hydroxyl groups excluding tert-OH is 1. The van der Waals surface area contributed by atoms with Crippen molar-refractivity contribution < 1.29 is 23.7 Å². The summed E-state index contributed by atoms with van der Waals surface area (Å²) in [7, 11) is 12.1. The molecule has 3 unspecified atom stereocenters. The van der Waals surface area contributed by atoms with Crippen molar-refractivity contribution in [2.24, 2.45) is 0 Å². The highest BCUT2D eigenvalue weighted by Gasteiger charge is 2.17. The molecule has 0 aromatic heterocycles. The first-order valence-electron chi connectivity index (χ1n) is 27.6. The van der Waals surface area contributed by atoms with E-state index in [0.29, 0.717) is 5.56 Å². The first-order chi connectivity index (χ1) is 38.3. The van der Waals surface area contributed by atoms with E-state index in [0.717, 1.165) is 74.7 Å². The first-order valence-corrected chi connectivity index (χ1v) is 27.6. The number of hydrogen-bond donors (Lipinski definition) is 3. The van der Waals surface area contributed by atoms with E-state index in [2.05, 4.69) is 146 Å². The Bertz CT molecular complexity index is 2680. The summed E-state index contributed by atoms with van der Waals surface area (Å²) in [4.78, 5) is 4.27. The van der Waals surface area contributed by atoms with E-state index >= 15 is 0 Å². The van der Waals surface area contributed by atoms with Crippen molar-refractivity contribution in [2.75, 3.05) is 68.5 Å². The fraction of sp³-hybridized carbons (Fsp3) is 0.314. The van der Waals surface area contributed by atoms with Gasteiger partial charge in [-0.05, 0) is 158 Å². The van der Waals surface area contributed by atoms with Crippen LogP contribution in [0.1, 0.15) is 94.6 Å². The fourth-order valence-corrected chi connectivity index (χ4v) is 8.11. The molecule has 0 fully saturated rings. The lowest BCUT2D eigenvalue weighted by atomic mass is 10.1. The van der Waals surface area contributed by atoms with Gasteiger partial charge in [-0.2, -0.15) is 0 Å². The van der Waals surface area contributed by atoms with Crippen LogP contribution in [0.3, 0.4) is 0 Å². The van der Waals surface area contributed by atoms with Gasteiger partial charge in [-0.3, -0.25) is 0 Å². The van der Waals surface area contributed by atoms with Crippen LogP contribution in [0.25, 0.3) is 0 Å². The van der Waals surface area contributed by atoms with Crippen LogP contribution < -0.4 is 24.8 Å². The molecule has 4 atom stereocenters. The van der Waals surface area contributed by atoms with Crippen molar-refractivity contribution in [2.45, 2.75) is 77.8 Å². The number of nitrogens with zero attached hydrogens (tertiary/aromatic N) is 2. The van der Waals surface area contributed by atoms with E-state index in [-0.39, 0.29) is 30.2 Å². The minimum atomic E-state index is -0.330. The van der Waals surface area contributed by atoms with Gasteiger partial charge in [-0.15, -0.1) is 0 Å². The number of halogens is 1. The standard InChI is InChI=1S/C18H23NO.2C17H21NO.C11H17NO.C7H7F/c1-15-9-7-8-12-17(15)20-18(13-14-19(2)3)16-10-5-4-6-11-16;2*1-14-8-6-7-11-16(14)19-17(12-13-18-2)15-9-4-3-5-10-15;1-12(2)9-8-11(13)10-6-4-3-5-7-10;1-6-4-2-3-5-7(6)8/h4-12,18H,13-14H2,1-3H3;2*3-11,17-18H,12-13H2,1-2H3;3-7,11,13H,8-9H2,1-2H3;2-5H,1H3/t;17-;;;/m.1.../s1. The summed E-state index contributed by atoms with van der Waals surface area (Å²) in [6, 6.07) is 72.3. The molecule has 0 bridgehead atoms. The molecule has 8 rings (SSSR count). The molecule has 0 aliphatic heterocycles. The topological polar surface area (TPSA) is 78.5 Å². The lowest BCUT2D eigenvalue weighted by molar-refractivity contribution is 0.154. The zero-order valence-corrected chi connectivity index (χ0v) is 48.7. The van der Waals surface area contributed by atoms with E-state index in [1.165, 1.54) is 39.4 Å². The Balaban J connectivity index is 0.000000218. The van der Waals surface area contributed by atoms with Crippen molar-refractivity contribution in [3.63, 3.8) is 0 Å². The second-order valence-corrected chi connectivity index (χ2v) is 20.0. The van der Waals surface area contributed by atoms with Gasteiger partial charge in [0.15, 0.2) is 0 Å². The number of nitrogens with one attached hydrogen (secondary N) is 2. The van der Waals surface area contributed by atoms with Crippen LogP contribution in [-0.2, 0) is 0 Å². The van der Waals surface area contributed by atoms with Crippen molar-refractivity contribution in [3.8, 4) is 17.2 Å². The monoisotopic (exact) mass is 1070 g/mol. The molecule has 0 spiro atoms. The van der Waals surface area contributed by atoms with Crippen LogP contribution in [0.5, 0.6) is 17.2 Å². The molecule has 8 aromatic carbocycles. The molecule has 9 heteroatoms. The molecule has 8 nitrogen and oxygen atoms in total. The van der Waals surface area contributed by atoms with Crippen molar-refractivity contribution in [1.29, 1.82) is 0 Å². The Morgan fingerprint density at radius 3 is 0.937 bits per heavy atom. The third-order valence-corrected chi connectivity index (χ3v) is 12.9. The number of aliphatic hydroxyl groups is 1. The van der Waals surface area contributed by atoms with Crippen LogP contribution in [0.2, 0.25) is 0 Å². The van der Waals surface area contributed by atoms with Crippen molar-refractivity contribution in [3.05, 3.63) is 269 Å². The maximum absolute atomic E-state index is 12.3. The molecule has 0 radical (unpaired) electrons. The summed E-state index contributed by atoms with van der Waals surface area (Å²) in [5.41, 5.74) is 8.91. The summed E-state index contributed by atoms with van der Waals surface area (Å²) in [5, 5.41) is 16.1. The van der Waals surface area contributed by atoms with E-state index in [4.69, 9.17) is 14.2 Å². The van der Waals surface area contributed by atoms with Gasteiger partial charge in [0.1, 0.15) is 41.4 Å². The highest BCUT2D eigenvalue weighted by atomic mass is 19.1. The average molecular weight is 1070 g/mol. The summed E-state index contributed by atoms with van der Waals surface area (Å²) in [5.74, 6) is 2.77. The van der Waals surface area contributed by atoms with E-state index in [1.807, 2.05) is 137 Å². The second kappa shape index (κ2) is 37.7. The summed E-state index contributed by atoms with van der Waals surface area (Å²) >= 11 is 0. The smallest absolute Gasteiger partial charge is 0.126 e. The Morgan fingerprint density at radius 2 is 0.646 bits per heavy atom. The number of ether oxygens (including phenoxy) is 3. The minimum Gasteiger partial charge on any atom is -0.485 e. The summed E-state index contributed by atoms with van der Waals surface area (Å²) < 4.78 is 31.0. The lowest BCUT2D eigenvalue weighted by Gasteiger charge is -2.22. The normalized spacial score (nSPS) is 12.1. The number of aryl methyl sites for hydroxylation is 4. The third-order valence-electron chi connectivity index (χ3n) is 12.9. The maximum Gasteiger partial charge on any atom is 0.126 e. The zero-order chi connectivity index (χ0) is 57.0. The molecule has 0 aliphatic carbocycles. The Kier molecular flexibility index (Phi) is 30.7. The van der Waals surface area contributed by atoms with E-state index in [9.17, 15) is 9.50 Å². The van der Waals surface area contributed by atoms with Crippen molar-refractivity contribution >= 4 is 0 Å². The van der Waals surface area contributed by atoms with Crippen LogP contribution in [0.15, 0.2) is 218 Å². The van der Waals surface area contributed by atoms with Crippen LogP contribution in [-0.4, -0.2) is 83.4 Å². The zero-order valence-electron chi connectivity index (χ0n) is 48.7. The summed E-state index contributed by atoms with van der Waals surface area (Å²) in [6.45, 7) is 11.8. The largest absolute Gasteiger partial charge is 0.485 e. The lowest BCUT2D eigenvalue weighted by Crippen LogP contribution is -2.19. The molecule has 420 valence electrons. The Hall–Kier alpha value is -7.11. The molecule has 0 amide bonds. The van der Waals surface area contributed by atoms with Crippen LogP contribution in [0.4, 0.5) is 4.39 Å². The molecular weight excluding hydrogens is 980 g/mol. The average Bonchev–Trinajstić information content (AvgIpc) is 3.47. The molecule has 0 aliphatic rings. The molecular formula is C70H89FN4O4. The predicted octanol–water partition coefficient (Wildman–Crippen LogP) is 15.3. The molecule has 79 heavy (non-hydrogen) atoms. The summed E-state index contributed by atoms with van der Waals surface area (Å²) in [6.07, 6.45) is 3.62. The highest BCUT2D eigenvalue weighted by Crippen LogP contribution is 2.30. The predicted molar refractivity (Wildman–Crippen MR) is 329 cm³/mol. The quantitative estimate of drug-likeness (QED) is 0.0620. The molecule has 0 saturated carbocycles. The van der Waals surface area contributed by atoms with Gasteiger partial charge in [0.25, 0.3) is 0 Å². The number of hydrogen-bond acceptors (Lipinski definition) is 8. The molecule has 3 N–H and O–H groups in total. The minimum absolute atomic E-state index is 0.0924. The Morgan fingerprint density at radius 1 is 0.367 bits per heavy atom. The molecule has 0 saturated heterocycles. The second-order valence-electron chi connectivity index (χ2n) is 20.0. The van der Waals surface area contributed by atoms with Crippen LogP contribution in [0, 0.1) is 33.5 Å². The number of para-hydroxylation sites is 3. The van der Waals surface area contributed by atoms with Gasteiger partial charge in [0.05, 0.1) is 6.10 Å². The van der Waals surface area contributed by atoms with Gasteiger partial charge in [-0.1, -0.05) is 194 Å². The fourth-order valence-electron chi connectivity index (χ4n) is 8.11. The number of rotatable bonds is 22. The molecule has 8 aromatic rings. The SMILES string of the molecule is CN(C)CCC(O)c1ccccc1.CNCCC(Oc1ccccc1C)c1ccccc1.CNCC[C@@H](Oc1ccccc1C)c1ccccc1.Cc1ccccc1F.Cc1ccccc1OC(CCN(C)C)c1ccccc1. The van der Waals surface area contributed by atoms with Gasteiger partial charge in [0.2, 0.25) is 0 Å². The number of benzene rings is 8. The van der Waals surface area contributed by atoms with Gasteiger partial charge in [0, 0.05) is 32.4 Å². The molecule has 0 heterocycles. The maximum atomic E-state index is 12.3. The third kappa shape index (κ3) is 25.5. The van der Waals surface area contributed by atoms with Crippen molar-refractivity contribution in [1.82, 2.24) is 20.4 Å². The van der Waals surface area contributed by atoms with Gasteiger partial charge in [-0.25, -0.2) is 4.39 Å². The van der Waals surface area contributed by atoms with Crippen LogP contribution >= 0.6 is 0 Å². The van der Waals surface area contributed by atoms with E-state index < -0.39 is 0 Å².